The summed E-state index contributed by atoms with van der Waals surface area (Å²) in [5, 5.41) is 14.1. The largest absolute Gasteiger partial charge is 0.278 e. The summed E-state index contributed by atoms with van der Waals surface area (Å²) in [4.78, 5) is 1.71. The molecule has 0 saturated carbocycles. The number of aromatic nitrogens is 3. The highest BCUT2D eigenvalue weighted by Crippen LogP contribution is 2.33. The van der Waals surface area contributed by atoms with E-state index in [0.29, 0.717) is 0 Å². The Kier molecular flexibility index (Phi) is 3.84. The molecule has 0 unspecified atom stereocenters. The fourth-order valence-electron chi connectivity index (χ4n) is 3.15. The van der Waals surface area contributed by atoms with Crippen molar-refractivity contribution in [3.8, 4) is 5.69 Å². The molecule has 5 nitrogen and oxygen atoms in total. The summed E-state index contributed by atoms with van der Waals surface area (Å²) < 4.78 is 0. The van der Waals surface area contributed by atoms with E-state index in [1.54, 1.807) is 4.80 Å². The molecular weight excluding hydrogens is 310 g/mol. The van der Waals surface area contributed by atoms with Crippen molar-refractivity contribution in [3.05, 3.63) is 72.1 Å². The molecule has 0 atom stereocenters. The van der Waals surface area contributed by atoms with Crippen molar-refractivity contribution < 1.29 is 0 Å². The van der Waals surface area contributed by atoms with Crippen LogP contribution in [0.15, 0.2) is 65.8 Å². The summed E-state index contributed by atoms with van der Waals surface area (Å²) in [6.07, 6.45) is 1.77. The van der Waals surface area contributed by atoms with Gasteiger partial charge < -0.3 is 0 Å². The number of rotatable bonds is 3. The van der Waals surface area contributed by atoms with Crippen LogP contribution in [0.1, 0.15) is 31.7 Å². The van der Waals surface area contributed by atoms with Gasteiger partial charge in [0.2, 0.25) is 0 Å². The van der Waals surface area contributed by atoms with Crippen molar-refractivity contribution in [2.75, 3.05) is 5.43 Å². The van der Waals surface area contributed by atoms with Gasteiger partial charge in [-0.15, -0.1) is 5.10 Å². The minimum atomic E-state index is 0.113. The number of nitrogens with one attached hydrogen (secondary N) is 1. The molecule has 1 heterocycles. The third-order valence-electron chi connectivity index (χ3n) is 4.33. The van der Waals surface area contributed by atoms with Crippen LogP contribution >= 0.6 is 0 Å². The van der Waals surface area contributed by atoms with E-state index in [4.69, 9.17) is 10.2 Å². The lowest BCUT2D eigenvalue weighted by molar-refractivity contribution is 0.367. The number of benzene rings is 2. The van der Waals surface area contributed by atoms with E-state index in [1.165, 1.54) is 0 Å². The minimum absolute atomic E-state index is 0.113. The smallest absolute Gasteiger partial charge is 0.132 e. The van der Waals surface area contributed by atoms with Gasteiger partial charge in [0.15, 0.2) is 0 Å². The van der Waals surface area contributed by atoms with Gasteiger partial charge in [-0.2, -0.15) is 15.0 Å². The monoisotopic (exact) mass is 331 g/mol. The number of hydrogen-bond donors (Lipinski definition) is 1. The summed E-state index contributed by atoms with van der Waals surface area (Å²) in [6, 6.07) is 20.0. The van der Waals surface area contributed by atoms with E-state index >= 15 is 0 Å². The molecule has 1 N–H and O–H groups in total. The zero-order chi connectivity index (χ0) is 17.3. The van der Waals surface area contributed by atoms with E-state index in [-0.39, 0.29) is 5.41 Å². The van der Waals surface area contributed by atoms with Crippen LogP contribution in [0.5, 0.6) is 0 Å². The Morgan fingerprint density at radius 2 is 1.60 bits per heavy atom. The Bertz CT molecular complexity index is 894. The molecule has 4 rings (SSSR count). The lowest BCUT2D eigenvalue weighted by Crippen LogP contribution is -2.28. The van der Waals surface area contributed by atoms with Crippen molar-refractivity contribution >= 4 is 11.4 Å². The second kappa shape index (κ2) is 6.16. The maximum Gasteiger partial charge on any atom is 0.132 e. The van der Waals surface area contributed by atoms with Crippen LogP contribution in [0.2, 0.25) is 0 Å². The highest BCUT2D eigenvalue weighted by Gasteiger charge is 2.33. The number of fused-ring (bicyclic) bond motifs is 1. The first kappa shape index (κ1) is 15.6. The third kappa shape index (κ3) is 3.31. The summed E-state index contributed by atoms with van der Waals surface area (Å²) in [5.74, 6) is 0. The van der Waals surface area contributed by atoms with E-state index in [2.05, 4.69) is 24.4 Å². The number of para-hydroxylation sites is 2. The summed E-state index contributed by atoms with van der Waals surface area (Å²) in [6.45, 7) is 4.49. The van der Waals surface area contributed by atoms with Gasteiger partial charge >= 0.3 is 0 Å². The first-order chi connectivity index (χ1) is 12.1. The van der Waals surface area contributed by atoms with Crippen molar-refractivity contribution in [1.82, 2.24) is 15.0 Å². The normalized spacial score (nSPS) is 17.3. The van der Waals surface area contributed by atoms with Gasteiger partial charge in [-0.25, -0.2) is 0 Å². The summed E-state index contributed by atoms with van der Waals surface area (Å²) in [7, 11) is 0. The Labute approximate surface area is 147 Å². The molecule has 0 spiro atoms. The Morgan fingerprint density at radius 3 is 2.32 bits per heavy atom. The van der Waals surface area contributed by atoms with E-state index in [1.807, 2.05) is 60.7 Å². The molecule has 1 aliphatic rings. The van der Waals surface area contributed by atoms with Gasteiger partial charge in [0.25, 0.3) is 0 Å². The predicted molar refractivity (Wildman–Crippen MR) is 100 cm³/mol. The molecule has 0 aliphatic heterocycles. The van der Waals surface area contributed by atoms with Gasteiger partial charge in [-0.1, -0.05) is 50.2 Å². The van der Waals surface area contributed by atoms with Gasteiger partial charge in [-0.3, -0.25) is 5.43 Å². The first-order valence-electron chi connectivity index (χ1n) is 8.50. The van der Waals surface area contributed by atoms with Crippen LogP contribution < -0.4 is 5.43 Å². The van der Waals surface area contributed by atoms with Crippen LogP contribution in [0, 0.1) is 5.41 Å². The Balaban J connectivity index is 1.71. The topological polar surface area (TPSA) is 55.1 Å². The highest BCUT2D eigenvalue weighted by molar-refractivity contribution is 6.01. The number of hydrazone groups is 1. The minimum Gasteiger partial charge on any atom is -0.278 e. The second-order valence-electron chi connectivity index (χ2n) is 7.17. The molecule has 0 bridgehead atoms. The SMILES string of the molecule is CC1(C)C/C(=N/Nc2ccccc2)c2nn(-c3ccccc3)nc2C1. The van der Waals surface area contributed by atoms with Crippen LogP contribution in [0.4, 0.5) is 5.69 Å². The molecule has 3 aromatic rings. The zero-order valence-electron chi connectivity index (χ0n) is 14.5. The average Bonchev–Trinajstić information content (AvgIpc) is 3.04. The molecular formula is C20H21N5. The second-order valence-corrected chi connectivity index (χ2v) is 7.17. The molecule has 0 fully saturated rings. The van der Waals surface area contributed by atoms with E-state index < -0.39 is 0 Å². The molecule has 0 saturated heterocycles. The molecule has 2 aromatic carbocycles. The zero-order valence-corrected chi connectivity index (χ0v) is 14.5. The third-order valence-corrected chi connectivity index (χ3v) is 4.33. The van der Waals surface area contributed by atoms with Crippen molar-refractivity contribution in [2.45, 2.75) is 26.7 Å². The number of anilines is 1. The quantitative estimate of drug-likeness (QED) is 0.737. The molecule has 126 valence electrons. The van der Waals surface area contributed by atoms with Crippen LogP contribution in [-0.2, 0) is 6.42 Å². The lowest BCUT2D eigenvalue weighted by atomic mass is 9.77. The van der Waals surface area contributed by atoms with E-state index in [9.17, 15) is 0 Å². The maximum absolute atomic E-state index is 4.72. The maximum atomic E-state index is 4.72. The molecule has 1 aromatic heterocycles. The average molecular weight is 331 g/mol. The summed E-state index contributed by atoms with van der Waals surface area (Å²) in [5.41, 5.74) is 8.06. The Morgan fingerprint density at radius 1 is 0.920 bits per heavy atom. The van der Waals surface area contributed by atoms with Gasteiger partial charge in [-0.05, 0) is 42.5 Å². The fourth-order valence-corrected chi connectivity index (χ4v) is 3.15. The fraction of sp³-hybridized carbons (Fsp3) is 0.250. The first-order valence-corrected chi connectivity index (χ1v) is 8.50. The summed E-state index contributed by atoms with van der Waals surface area (Å²) >= 11 is 0. The predicted octanol–water partition coefficient (Wildman–Crippen LogP) is 4.06. The van der Waals surface area contributed by atoms with Gasteiger partial charge in [0.1, 0.15) is 5.69 Å². The Hall–Kier alpha value is -2.95. The number of hydrogen-bond acceptors (Lipinski definition) is 4. The molecule has 0 radical (unpaired) electrons. The van der Waals surface area contributed by atoms with Crippen molar-refractivity contribution in [1.29, 1.82) is 0 Å². The van der Waals surface area contributed by atoms with Crippen molar-refractivity contribution in [2.24, 2.45) is 10.5 Å². The molecule has 1 aliphatic carbocycles. The molecule has 0 amide bonds. The highest BCUT2D eigenvalue weighted by atomic mass is 15.5. The standard InChI is InChI=1S/C20H21N5/c1-20(2)13-17(22-21-15-9-5-3-6-10-15)19-18(14-20)23-25(24-19)16-11-7-4-8-12-16/h3-12,21H,13-14H2,1-2H3/b22-17-. The molecule has 25 heavy (non-hydrogen) atoms. The van der Waals surface area contributed by atoms with Crippen molar-refractivity contribution in [3.63, 3.8) is 0 Å². The van der Waals surface area contributed by atoms with Crippen LogP contribution in [0.25, 0.3) is 5.69 Å². The van der Waals surface area contributed by atoms with Gasteiger partial charge in [0, 0.05) is 0 Å². The lowest BCUT2D eigenvalue weighted by Gasteiger charge is -2.28. The van der Waals surface area contributed by atoms with Gasteiger partial charge in [0.05, 0.1) is 22.8 Å². The molecule has 5 heteroatoms. The number of nitrogens with zero attached hydrogens (tertiary/aromatic N) is 4. The van der Waals surface area contributed by atoms with Crippen LogP contribution in [-0.4, -0.2) is 20.7 Å². The van der Waals surface area contributed by atoms with Crippen LogP contribution in [0.3, 0.4) is 0 Å². The van der Waals surface area contributed by atoms with E-state index in [0.717, 1.165) is 41.3 Å².